The fourth-order valence-electron chi connectivity index (χ4n) is 4.65. The number of carbonyl (C=O) groups excluding carboxylic acids is 5. The van der Waals surface area contributed by atoms with Gasteiger partial charge in [-0.05, 0) is 37.0 Å². The van der Waals surface area contributed by atoms with Crippen LogP contribution in [0.1, 0.15) is 82.6 Å². The molecule has 0 bridgehead atoms. The van der Waals surface area contributed by atoms with E-state index in [1.807, 2.05) is 6.92 Å². The van der Waals surface area contributed by atoms with Gasteiger partial charge in [-0.3, -0.25) is 24.0 Å². The first kappa shape index (κ1) is 17.0. The third-order valence-corrected chi connectivity index (χ3v) is 6.11. The van der Waals surface area contributed by atoms with Crippen molar-refractivity contribution >= 4 is 28.9 Å². The molecule has 134 valence electrons. The molecule has 0 aromatic heterocycles. The fourth-order valence-corrected chi connectivity index (χ4v) is 4.65. The van der Waals surface area contributed by atoms with Crippen LogP contribution < -0.4 is 0 Å². The van der Waals surface area contributed by atoms with Crippen LogP contribution in [0.4, 0.5) is 0 Å². The Bertz CT molecular complexity index is 903. The molecule has 3 aliphatic carbocycles. The Labute approximate surface area is 151 Å². The van der Waals surface area contributed by atoms with Crippen molar-refractivity contribution in [2.24, 2.45) is 11.8 Å². The zero-order valence-corrected chi connectivity index (χ0v) is 14.9. The van der Waals surface area contributed by atoms with E-state index in [9.17, 15) is 24.0 Å². The molecule has 5 heteroatoms. The number of Topliss-reactive ketones (excluding diaryl/α,β-unsaturated/α-hetero) is 5. The second-order valence-corrected chi connectivity index (χ2v) is 7.59. The molecule has 0 radical (unpaired) electrons. The molecule has 0 amide bonds. The molecular weight excluding hydrogens is 332 g/mol. The summed E-state index contributed by atoms with van der Waals surface area (Å²) >= 11 is 0. The Morgan fingerprint density at radius 1 is 0.923 bits per heavy atom. The molecule has 0 heterocycles. The van der Waals surface area contributed by atoms with Gasteiger partial charge in [0.05, 0.1) is 5.92 Å². The number of fused-ring (bicyclic) bond motifs is 3. The van der Waals surface area contributed by atoms with Gasteiger partial charge in [-0.1, -0.05) is 13.8 Å². The molecule has 1 fully saturated rings. The van der Waals surface area contributed by atoms with E-state index < -0.39 is 28.8 Å². The summed E-state index contributed by atoms with van der Waals surface area (Å²) in [5.74, 6) is -3.59. The van der Waals surface area contributed by atoms with E-state index in [4.69, 9.17) is 0 Å². The molecule has 1 spiro atoms. The van der Waals surface area contributed by atoms with Crippen molar-refractivity contribution in [1.29, 1.82) is 0 Å². The molecule has 1 aromatic carbocycles. The number of rotatable bonds is 5. The highest BCUT2D eigenvalue weighted by molar-refractivity contribution is 6.36. The second kappa shape index (κ2) is 5.53. The largest absolute Gasteiger partial charge is 0.299 e. The maximum absolute atomic E-state index is 12.9. The summed E-state index contributed by atoms with van der Waals surface area (Å²) in [6.07, 6.45) is 2.52. The Kier molecular flexibility index (Phi) is 3.62. The SMILES string of the molecule is CCCC(=O)C1C(=O)c2cc3c(cc2C1=O)C1(CC1)C(C(=O)CC)C3=O. The lowest BCUT2D eigenvalue weighted by Gasteiger charge is -2.16. The number of hydrogen-bond acceptors (Lipinski definition) is 5. The smallest absolute Gasteiger partial charge is 0.181 e. The highest BCUT2D eigenvalue weighted by atomic mass is 16.2. The van der Waals surface area contributed by atoms with E-state index in [2.05, 4.69) is 0 Å². The normalized spacial score (nSPS) is 24.8. The van der Waals surface area contributed by atoms with E-state index in [0.29, 0.717) is 12.0 Å². The Morgan fingerprint density at radius 3 is 2.08 bits per heavy atom. The van der Waals surface area contributed by atoms with Crippen LogP contribution in [0, 0.1) is 11.8 Å². The Hall–Kier alpha value is -2.43. The van der Waals surface area contributed by atoms with Crippen molar-refractivity contribution in [3.63, 3.8) is 0 Å². The topological polar surface area (TPSA) is 85.3 Å². The van der Waals surface area contributed by atoms with Crippen LogP contribution in [0.15, 0.2) is 12.1 Å². The van der Waals surface area contributed by atoms with Gasteiger partial charge in [-0.2, -0.15) is 0 Å². The number of ketones is 5. The average molecular weight is 352 g/mol. The monoisotopic (exact) mass is 352 g/mol. The Balaban J connectivity index is 1.81. The molecule has 0 saturated heterocycles. The summed E-state index contributed by atoms with van der Waals surface area (Å²) in [6, 6.07) is 3.09. The molecular formula is C21H20O5. The van der Waals surface area contributed by atoms with E-state index >= 15 is 0 Å². The van der Waals surface area contributed by atoms with Crippen LogP contribution in [0.3, 0.4) is 0 Å². The minimum atomic E-state index is -1.26. The van der Waals surface area contributed by atoms with Crippen LogP contribution in [-0.2, 0) is 15.0 Å². The lowest BCUT2D eigenvalue weighted by atomic mass is 9.84. The van der Waals surface area contributed by atoms with Crippen LogP contribution in [0.2, 0.25) is 0 Å². The molecule has 2 unspecified atom stereocenters. The number of benzene rings is 1. The summed E-state index contributed by atoms with van der Waals surface area (Å²) in [5.41, 5.74) is 1.02. The average Bonchev–Trinajstić information content (AvgIpc) is 3.31. The molecule has 1 saturated carbocycles. The van der Waals surface area contributed by atoms with Crippen molar-refractivity contribution in [2.45, 2.75) is 51.4 Å². The van der Waals surface area contributed by atoms with E-state index in [1.165, 1.54) is 6.07 Å². The van der Waals surface area contributed by atoms with Gasteiger partial charge in [-0.15, -0.1) is 0 Å². The third-order valence-electron chi connectivity index (χ3n) is 6.11. The first-order valence-electron chi connectivity index (χ1n) is 9.24. The first-order valence-corrected chi connectivity index (χ1v) is 9.24. The van der Waals surface area contributed by atoms with Gasteiger partial charge in [0.15, 0.2) is 23.1 Å². The highest BCUT2D eigenvalue weighted by Gasteiger charge is 2.62. The van der Waals surface area contributed by atoms with Gasteiger partial charge in [0.25, 0.3) is 0 Å². The van der Waals surface area contributed by atoms with Crippen LogP contribution in [0.5, 0.6) is 0 Å². The zero-order chi connectivity index (χ0) is 18.8. The quantitative estimate of drug-likeness (QED) is 0.761. The lowest BCUT2D eigenvalue weighted by molar-refractivity contribution is -0.122. The molecule has 5 nitrogen and oxygen atoms in total. The van der Waals surface area contributed by atoms with Gasteiger partial charge >= 0.3 is 0 Å². The van der Waals surface area contributed by atoms with Crippen LogP contribution in [0.25, 0.3) is 0 Å². The number of carbonyl (C=O) groups is 5. The van der Waals surface area contributed by atoms with Crippen LogP contribution in [-0.4, -0.2) is 28.9 Å². The summed E-state index contributed by atoms with van der Waals surface area (Å²) in [4.78, 5) is 62.8. The predicted molar refractivity (Wildman–Crippen MR) is 92.5 cm³/mol. The van der Waals surface area contributed by atoms with E-state index in [1.54, 1.807) is 13.0 Å². The first-order chi connectivity index (χ1) is 12.4. The molecule has 3 aliphatic rings. The Morgan fingerprint density at radius 2 is 1.54 bits per heavy atom. The van der Waals surface area contributed by atoms with Gasteiger partial charge in [-0.25, -0.2) is 0 Å². The summed E-state index contributed by atoms with van der Waals surface area (Å²) in [6.45, 7) is 3.57. The molecule has 1 aromatic rings. The molecule has 4 rings (SSSR count). The maximum atomic E-state index is 12.9. The van der Waals surface area contributed by atoms with Gasteiger partial charge in [0.2, 0.25) is 0 Å². The lowest BCUT2D eigenvalue weighted by Crippen LogP contribution is -2.28. The predicted octanol–water partition coefficient (Wildman–Crippen LogP) is 2.87. The summed E-state index contributed by atoms with van der Waals surface area (Å²) in [5, 5.41) is 0. The van der Waals surface area contributed by atoms with Crippen LogP contribution >= 0.6 is 0 Å². The molecule has 26 heavy (non-hydrogen) atoms. The minimum Gasteiger partial charge on any atom is -0.299 e. The van der Waals surface area contributed by atoms with Gasteiger partial charge < -0.3 is 0 Å². The van der Waals surface area contributed by atoms with Crippen molar-refractivity contribution in [3.8, 4) is 0 Å². The van der Waals surface area contributed by atoms with Gasteiger partial charge in [0, 0.05) is 34.9 Å². The second-order valence-electron chi connectivity index (χ2n) is 7.59. The van der Waals surface area contributed by atoms with Crippen molar-refractivity contribution < 1.29 is 24.0 Å². The van der Waals surface area contributed by atoms with Crippen molar-refractivity contribution in [1.82, 2.24) is 0 Å². The summed E-state index contributed by atoms with van der Waals surface area (Å²) in [7, 11) is 0. The molecule has 2 atom stereocenters. The minimum absolute atomic E-state index is 0.0856. The highest BCUT2D eigenvalue weighted by Crippen LogP contribution is 2.61. The van der Waals surface area contributed by atoms with Gasteiger partial charge in [0.1, 0.15) is 11.7 Å². The maximum Gasteiger partial charge on any atom is 0.181 e. The summed E-state index contributed by atoms with van der Waals surface area (Å²) < 4.78 is 0. The molecule has 0 aliphatic heterocycles. The third kappa shape index (κ3) is 2.00. The van der Waals surface area contributed by atoms with E-state index in [0.717, 1.165) is 18.4 Å². The molecule has 0 N–H and O–H groups in total. The standard InChI is InChI=1S/C21H20O5/c1-3-5-15(23)16-18(24)10-8-12-13(9-11(10)19(16)25)21(6-7-21)17(20(12)26)14(22)4-2/h8-9,16-17H,3-7H2,1-2H3. The van der Waals surface area contributed by atoms with E-state index in [-0.39, 0.29) is 41.3 Å². The van der Waals surface area contributed by atoms with Crippen molar-refractivity contribution in [2.75, 3.05) is 0 Å². The number of hydrogen-bond donors (Lipinski definition) is 0. The fraction of sp³-hybridized carbons (Fsp3) is 0.476. The van der Waals surface area contributed by atoms with Crippen molar-refractivity contribution in [3.05, 3.63) is 34.4 Å². The zero-order valence-electron chi connectivity index (χ0n) is 14.9.